The Morgan fingerprint density at radius 3 is 2.42 bits per heavy atom. The third-order valence-corrected chi connectivity index (χ3v) is 6.91. The van der Waals surface area contributed by atoms with Gasteiger partial charge in [-0.1, -0.05) is 19.8 Å². The summed E-state index contributed by atoms with van der Waals surface area (Å²) in [5.41, 5.74) is 0.374. The Hall–Kier alpha value is -0.820. The van der Waals surface area contributed by atoms with Crippen LogP contribution in [0.5, 0.6) is 0 Å². The number of hydrogen-bond donors (Lipinski definition) is 3. The van der Waals surface area contributed by atoms with Gasteiger partial charge in [-0.25, -0.2) is 13.1 Å². The number of hydrogen-bond acceptors (Lipinski definition) is 3. The first-order chi connectivity index (χ1) is 11.5. The van der Waals surface area contributed by atoms with Crippen molar-refractivity contribution in [1.29, 1.82) is 0 Å². The van der Waals surface area contributed by atoms with Gasteiger partial charge in [0.1, 0.15) is 0 Å². The van der Waals surface area contributed by atoms with Gasteiger partial charge in [-0.3, -0.25) is 4.99 Å². The van der Waals surface area contributed by atoms with Crippen LogP contribution in [0.3, 0.4) is 0 Å². The Morgan fingerprint density at radius 2 is 1.92 bits per heavy atom. The predicted octanol–water partition coefficient (Wildman–Crippen LogP) is 1.84. The lowest BCUT2D eigenvalue weighted by Gasteiger charge is -2.40. The molecular weight excluding hydrogens is 324 g/mol. The van der Waals surface area contributed by atoms with Crippen molar-refractivity contribution in [1.82, 2.24) is 15.4 Å². The molecule has 2 aliphatic carbocycles. The van der Waals surface area contributed by atoms with Crippen LogP contribution in [-0.4, -0.2) is 46.3 Å². The molecule has 0 unspecified atom stereocenters. The highest BCUT2D eigenvalue weighted by atomic mass is 32.2. The van der Waals surface area contributed by atoms with E-state index in [0.717, 1.165) is 38.3 Å². The number of guanidine groups is 1. The topological polar surface area (TPSA) is 82.6 Å². The molecule has 140 valence electrons. The molecule has 2 aliphatic rings. The number of rotatable bonds is 10. The maximum absolute atomic E-state index is 12.0. The molecule has 0 bridgehead atoms. The minimum absolute atomic E-state index is 0.0864. The van der Waals surface area contributed by atoms with Crippen LogP contribution in [0, 0.1) is 11.3 Å². The average Bonchev–Trinajstić information content (AvgIpc) is 2.44. The third-order valence-electron chi connectivity index (χ3n) is 5.56. The Morgan fingerprint density at radius 1 is 1.17 bits per heavy atom. The van der Waals surface area contributed by atoms with Crippen LogP contribution in [0.2, 0.25) is 0 Å². The fourth-order valence-corrected chi connectivity index (χ4v) is 4.21. The van der Waals surface area contributed by atoms with E-state index >= 15 is 0 Å². The van der Waals surface area contributed by atoms with E-state index in [2.05, 4.69) is 27.3 Å². The average molecular weight is 359 g/mol. The smallest absolute Gasteiger partial charge is 0.213 e. The molecular formula is C17H34N4O2S. The van der Waals surface area contributed by atoms with E-state index in [4.69, 9.17) is 0 Å². The van der Waals surface area contributed by atoms with E-state index in [1.165, 1.54) is 25.7 Å². The molecule has 2 saturated carbocycles. The molecule has 0 radical (unpaired) electrons. The van der Waals surface area contributed by atoms with Crippen molar-refractivity contribution in [2.24, 2.45) is 16.3 Å². The summed E-state index contributed by atoms with van der Waals surface area (Å²) in [4.78, 5) is 4.67. The summed E-state index contributed by atoms with van der Waals surface area (Å²) in [5, 5.41) is 6.36. The standard InChI is InChI=1S/C17H34N4O2S/c1-3-17(9-6-10-17)14-20-16(18-4-2)19-11-12-24(22,23)21-13-15-7-5-8-15/h15,21H,3-14H2,1-2H3,(H2,18,19,20). The Bertz CT molecular complexity index is 505. The lowest BCUT2D eigenvalue weighted by atomic mass is 9.67. The lowest BCUT2D eigenvalue weighted by molar-refractivity contribution is 0.139. The first-order valence-corrected chi connectivity index (χ1v) is 11.1. The SMILES string of the molecule is CCNC(=NCC1(CC)CCC1)NCCS(=O)(=O)NCC1CCC1. The molecule has 24 heavy (non-hydrogen) atoms. The third kappa shape index (κ3) is 5.92. The molecule has 0 atom stereocenters. The molecule has 0 aromatic heterocycles. The summed E-state index contributed by atoms with van der Waals surface area (Å²) in [6.45, 7) is 6.83. The zero-order valence-corrected chi connectivity index (χ0v) is 16.1. The molecule has 0 saturated heterocycles. The van der Waals surface area contributed by atoms with Gasteiger partial charge in [0, 0.05) is 26.2 Å². The maximum atomic E-state index is 12.0. The van der Waals surface area contributed by atoms with Crippen LogP contribution < -0.4 is 15.4 Å². The summed E-state index contributed by atoms with van der Waals surface area (Å²) in [6, 6.07) is 0. The lowest BCUT2D eigenvalue weighted by Crippen LogP contribution is -2.43. The first-order valence-electron chi connectivity index (χ1n) is 9.48. The summed E-state index contributed by atoms with van der Waals surface area (Å²) in [7, 11) is -3.20. The molecule has 3 N–H and O–H groups in total. The second-order valence-corrected chi connectivity index (χ2v) is 9.22. The first kappa shape index (κ1) is 19.5. The number of nitrogens with one attached hydrogen (secondary N) is 3. The van der Waals surface area contributed by atoms with Gasteiger partial charge < -0.3 is 10.6 Å². The maximum Gasteiger partial charge on any atom is 0.213 e. The van der Waals surface area contributed by atoms with Gasteiger partial charge in [-0.05, 0) is 50.4 Å². The van der Waals surface area contributed by atoms with Crippen LogP contribution >= 0.6 is 0 Å². The minimum atomic E-state index is -3.20. The van der Waals surface area contributed by atoms with Gasteiger partial charge in [-0.2, -0.15) is 0 Å². The quantitative estimate of drug-likeness (QED) is 0.411. The predicted molar refractivity (Wildman–Crippen MR) is 99.7 cm³/mol. The second kappa shape index (κ2) is 9.04. The highest BCUT2D eigenvalue weighted by Gasteiger charge is 2.34. The molecule has 0 aromatic rings. The Balaban J connectivity index is 1.73. The van der Waals surface area contributed by atoms with Gasteiger partial charge in [0.05, 0.1) is 5.75 Å². The van der Waals surface area contributed by atoms with Crippen molar-refractivity contribution >= 4 is 16.0 Å². The monoisotopic (exact) mass is 358 g/mol. The van der Waals surface area contributed by atoms with Crippen molar-refractivity contribution in [2.45, 2.75) is 58.8 Å². The van der Waals surface area contributed by atoms with E-state index in [-0.39, 0.29) is 5.75 Å². The van der Waals surface area contributed by atoms with Gasteiger partial charge >= 0.3 is 0 Å². The largest absolute Gasteiger partial charge is 0.357 e. The molecule has 0 heterocycles. The minimum Gasteiger partial charge on any atom is -0.357 e. The summed E-state index contributed by atoms with van der Waals surface area (Å²) in [6.07, 6.45) is 8.51. The van der Waals surface area contributed by atoms with Crippen molar-refractivity contribution in [3.05, 3.63) is 0 Å². The van der Waals surface area contributed by atoms with Crippen molar-refractivity contribution in [3.63, 3.8) is 0 Å². The van der Waals surface area contributed by atoms with Gasteiger partial charge in [0.15, 0.2) is 5.96 Å². The molecule has 0 aromatic carbocycles. The molecule has 7 heteroatoms. The summed E-state index contributed by atoms with van der Waals surface area (Å²) in [5.74, 6) is 1.36. The van der Waals surface area contributed by atoms with E-state index in [9.17, 15) is 8.42 Å². The normalized spacial score (nSPS) is 21.0. The van der Waals surface area contributed by atoms with Crippen LogP contribution in [0.1, 0.15) is 58.8 Å². The van der Waals surface area contributed by atoms with E-state index in [1.807, 2.05) is 6.92 Å². The van der Waals surface area contributed by atoms with E-state index in [1.54, 1.807) is 0 Å². The molecule has 2 fully saturated rings. The van der Waals surface area contributed by atoms with Crippen molar-refractivity contribution < 1.29 is 8.42 Å². The zero-order valence-electron chi connectivity index (χ0n) is 15.2. The number of sulfonamides is 1. The Kier molecular flexibility index (Phi) is 7.34. The fraction of sp³-hybridized carbons (Fsp3) is 0.941. The number of aliphatic imine (C=N–C) groups is 1. The van der Waals surface area contributed by atoms with Crippen LogP contribution in [0.25, 0.3) is 0 Å². The second-order valence-electron chi connectivity index (χ2n) is 7.29. The van der Waals surface area contributed by atoms with Crippen LogP contribution in [-0.2, 0) is 10.0 Å². The molecule has 6 nitrogen and oxygen atoms in total. The highest BCUT2D eigenvalue weighted by Crippen LogP contribution is 2.43. The van der Waals surface area contributed by atoms with Gasteiger partial charge in [0.25, 0.3) is 0 Å². The van der Waals surface area contributed by atoms with Crippen molar-refractivity contribution in [3.8, 4) is 0 Å². The molecule has 2 rings (SSSR count). The summed E-state index contributed by atoms with van der Waals surface area (Å²) < 4.78 is 26.8. The molecule has 0 spiro atoms. The van der Waals surface area contributed by atoms with Gasteiger partial charge in [0.2, 0.25) is 10.0 Å². The number of nitrogens with zero attached hydrogens (tertiary/aromatic N) is 1. The van der Waals surface area contributed by atoms with E-state index < -0.39 is 10.0 Å². The summed E-state index contributed by atoms with van der Waals surface area (Å²) >= 11 is 0. The van der Waals surface area contributed by atoms with Crippen molar-refractivity contribution in [2.75, 3.05) is 31.9 Å². The molecule has 0 amide bonds. The fourth-order valence-electron chi connectivity index (χ4n) is 3.21. The van der Waals surface area contributed by atoms with Crippen LogP contribution in [0.4, 0.5) is 0 Å². The molecule has 0 aliphatic heterocycles. The van der Waals surface area contributed by atoms with Crippen LogP contribution in [0.15, 0.2) is 4.99 Å². The van der Waals surface area contributed by atoms with E-state index in [0.29, 0.717) is 24.4 Å². The Labute approximate surface area is 147 Å². The van der Waals surface area contributed by atoms with Gasteiger partial charge in [-0.15, -0.1) is 0 Å². The highest BCUT2D eigenvalue weighted by molar-refractivity contribution is 7.89. The zero-order chi connectivity index (χ0) is 17.5.